The third-order valence-corrected chi connectivity index (χ3v) is 5.61. The molecule has 1 aromatic rings. The Hall–Kier alpha value is -0.830. The molecule has 21 heavy (non-hydrogen) atoms. The first-order valence-electron chi connectivity index (χ1n) is 6.18. The predicted octanol–water partition coefficient (Wildman–Crippen LogP) is 2.98. The minimum absolute atomic E-state index is 0.0763. The predicted molar refractivity (Wildman–Crippen MR) is 85.6 cm³/mol. The van der Waals surface area contributed by atoms with E-state index in [4.69, 9.17) is 11.6 Å². The molecule has 1 unspecified atom stereocenters. The Labute approximate surface area is 133 Å². The largest absolute Gasteiger partial charge is 0.289 e. The molecule has 0 spiro atoms. The van der Waals surface area contributed by atoms with Gasteiger partial charge in [-0.2, -0.15) is 11.8 Å². The summed E-state index contributed by atoms with van der Waals surface area (Å²) in [5.74, 6) is 0.629. The van der Waals surface area contributed by atoms with E-state index in [1.165, 1.54) is 17.8 Å². The molecule has 1 N–H and O–H groups in total. The van der Waals surface area contributed by atoms with E-state index < -0.39 is 20.6 Å². The van der Waals surface area contributed by atoms with Gasteiger partial charge in [0.1, 0.15) is 5.02 Å². The van der Waals surface area contributed by atoms with Gasteiger partial charge in [0.15, 0.2) is 0 Å². The van der Waals surface area contributed by atoms with Crippen molar-refractivity contribution in [2.24, 2.45) is 0 Å². The van der Waals surface area contributed by atoms with Crippen LogP contribution in [0.3, 0.4) is 0 Å². The molecule has 1 aromatic carbocycles. The Balaban J connectivity index is 3.25. The van der Waals surface area contributed by atoms with Crippen LogP contribution in [-0.4, -0.2) is 31.4 Å². The Morgan fingerprint density at radius 1 is 1.48 bits per heavy atom. The first-order valence-corrected chi connectivity index (χ1v) is 9.44. The van der Waals surface area contributed by atoms with Gasteiger partial charge in [0.2, 0.25) is 10.0 Å². The molecule has 0 heterocycles. The SMILES string of the molecule is CCC(CSC)NS(=O)(=O)c1cc([N+](=O)[O-])c(Cl)cc1C. The van der Waals surface area contributed by atoms with Gasteiger partial charge in [-0.3, -0.25) is 10.1 Å². The fraction of sp³-hybridized carbons (Fsp3) is 0.500. The molecule has 0 fully saturated rings. The molecule has 0 bridgehead atoms. The maximum absolute atomic E-state index is 12.4. The third-order valence-electron chi connectivity index (χ3n) is 2.91. The first kappa shape index (κ1) is 18.2. The number of nitrogens with one attached hydrogen (secondary N) is 1. The number of aryl methyl sites for hydroxylation is 1. The highest BCUT2D eigenvalue weighted by atomic mass is 35.5. The zero-order valence-electron chi connectivity index (χ0n) is 11.9. The monoisotopic (exact) mass is 352 g/mol. The number of hydrogen-bond acceptors (Lipinski definition) is 5. The molecular weight excluding hydrogens is 336 g/mol. The molecule has 0 saturated carbocycles. The van der Waals surface area contributed by atoms with Crippen LogP contribution in [0.15, 0.2) is 17.0 Å². The van der Waals surface area contributed by atoms with Crippen LogP contribution in [0.5, 0.6) is 0 Å². The molecule has 1 atom stereocenters. The fourth-order valence-electron chi connectivity index (χ4n) is 1.79. The van der Waals surface area contributed by atoms with Gasteiger partial charge >= 0.3 is 0 Å². The van der Waals surface area contributed by atoms with Crippen molar-refractivity contribution in [2.45, 2.75) is 31.2 Å². The van der Waals surface area contributed by atoms with Gasteiger partial charge in [-0.15, -0.1) is 0 Å². The second-order valence-corrected chi connectivity index (χ2v) is 7.51. The topological polar surface area (TPSA) is 89.3 Å². The molecule has 0 aromatic heterocycles. The summed E-state index contributed by atoms with van der Waals surface area (Å²) >= 11 is 7.30. The van der Waals surface area contributed by atoms with Crippen molar-refractivity contribution in [1.82, 2.24) is 4.72 Å². The van der Waals surface area contributed by atoms with Crippen molar-refractivity contribution in [1.29, 1.82) is 0 Å². The van der Waals surface area contributed by atoms with Gasteiger partial charge in [-0.1, -0.05) is 18.5 Å². The minimum Gasteiger partial charge on any atom is -0.258 e. The standard InChI is InChI=1S/C12H17ClN2O4S2/c1-4-9(7-20-3)14-21(18,19)12-6-11(15(16)17)10(13)5-8(12)2/h5-6,9,14H,4,7H2,1-3H3. The Morgan fingerprint density at radius 3 is 2.57 bits per heavy atom. The Morgan fingerprint density at radius 2 is 2.10 bits per heavy atom. The quantitative estimate of drug-likeness (QED) is 0.602. The lowest BCUT2D eigenvalue weighted by Gasteiger charge is -2.17. The highest BCUT2D eigenvalue weighted by Crippen LogP contribution is 2.30. The van der Waals surface area contributed by atoms with Crippen LogP contribution in [0.25, 0.3) is 0 Å². The van der Waals surface area contributed by atoms with Crippen LogP contribution >= 0.6 is 23.4 Å². The molecule has 0 amide bonds. The Bertz CT molecular complexity index is 634. The number of nitrogens with zero attached hydrogens (tertiary/aromatic N) is 1. The fourth-order valence-corrected chi connectivity index (χ4v) is 4.47. The molecule has 0 aliphatic heterocycles. The number of nitro groups is 1. The summed E-state index contributed by atoms with van der Waals surface area (Å²) in [5.41, 5.74) is -0.0438. The highest BCUT2D eigenvalue weighted by Gasteiger charge is 2.25. The van der Waals surface area contributed by atoms with E-state index in [0.29, 0.717) is 17.7 Å². The molecule has 0 aliphatic carbocycles. The van der Waals surface area contributed by atoms with Crippen LogP contribution in [0, 0.1) is 17.0 Å². The number of halogens is 1. The van der Waals surface area contributed by atoms with Crippen molar-refractivity contribution < 1.29 is 13.3 Å². The zero-order valence-corrected chi connectivity index (χ0v) is 14.3. The van der Waals surface area contributed by atoms with Crippen LogP contribution in [0.1, 0.15) is 18.9 Å². The van der Waals surface area contributed by atoms with E-state index in [1.54, 1.807) is 6.92 Å². The maximum atomic E-state index is 12.4. The lowest BCUT2D eigenvalue weighted by atomic mass is 10.2. The molecule has 1 rings (SSSR count). The van der Waals surface area contributed by atoms with E-state index in [2.05, 4.69) is 4.72 Å². The van der Waals surface area contributed by atoms with E-state index in [1.807, 2.05) is 13.2 Å². The summed E-state index contributed by atoms with van der Waals surface area (Å²) < 4.78 is 27.4. The van der Waals surface area contributed by atoms with Crippen LogP contribution in [-0.2, 0) is 10.0 Å². The minimum atomic E-state index is -3.82. The summed E-state index contributed by atoms with van der Waals surface area (Å²) in [5, 5.41) is 10.8. The van der Waals surface area contributed by atoms with Crippen LogP contribution in [0.2, 0.25) is 5.02 Å². The van der Waals surface area contributed by atoms with Gasteiger partial charge in [0, 0.05) is 17.9 Å². The number of sulfonamides is 1. The van der Waals surface area contributed by atoms with Crippen molar-refractivity contribution in [2.75, 3.05) is 12.0 Å². The van der Waals surface area contributed by atoms with E-state index in [-0.39, 0.29) is 16.0 Å². The van der Waals surface area contributed by atoms with Gasteiger partial charge in [-0.05, 0) is 31.2 Å². The van der Waals surface area contributed by atoms with Gasteiger partial charge < -0.3 is 0 Å². The molecule has 6 nitrogen and oxygen atoms in total. The van der Waals surface area contributed by atoms with Crippen molar-refractivity contribution in [3.63, 3.8) is 0 Å². The summed E-state index contributed by atoms with van der Waals surface area (Å²) in [7, 11) is -3.82. The molecule has 118 valence electrons. The van der Waals surface area contributed by atoms with Gasteiger partial charge in [0.05, 0.1) is 9.82 Å². The van der Waals surface area contributed by atoms with E-state index >= 15 is 0 Å². The second kappa shape index (κ2) is 7.44. The number of benzene rings is 1. The number of rotatable bonds is 7. The van der Waals surface area contributed by atoms with Crippen LogP contribution in [0.4, 0.5) is 5.69 Å². The number of thioether (sulfide) groups is 1. The summed E-state index contributed by atoms with van der Waals surface area (Å²) in [6.45, 7) is 3.43. The zero-order chi connectivity index (χ0) is 16.2. The Kier molecular flexibility index (Phi) is 6.45. The van der Waals surface area contributed by atoms with E-state index in [0.717, 1.165) is 6.07 Å². The second-order valence-electron chi connectivity index (χ2n) is 4.51. The molecular formula is C12H17ClN2O4S2. The van der Waals surface area contributed by atoms with Crippen molar-refractivity contribution >= 4 is 39.1 Å². The van der Waals surface area contributed by atoms with Gasteiger partial charge in [0.25, 0.3) is 5.69 Å². The number of hydrogen-bond donors (Lipinski definition) is 1. The lowest BCUT2D eigenvalue weighted by molar-refractivity contribution is -0.384. The van der Waals surface area contributed by atoms with E-state index in [9.17, 15) is 18.5 Å². The first-order chi connectivity index (χ1) is 9.72. The normalized spacial score (nSPS) is 13.1. The third kappa shape index (κ3) is 4.57. The lowest BCUT2D eigenvalue weighted by Crippen LogP contribution is -2.36. The summed E-state index contributed by atoms with van der Waals surface area (Å²) in [6, 6.07) is 2.08. The molecule has 9 heteroatoms. The smallest absolute Gasteiger partial charge is 0.258 e. The highest BCUT2D eigenvalue weighted by molar-refractivity contribution is 7.98. The molecule has 0 aliphatic rings. The summed E-state index contributed by atoms with van der Waals surface area (Å²) in [4.78, 5) is 10.1. The molecule has 0 saturated heterocycles. The number of nitro benzene ring substituents is 1. The van der Waals surface area contributed by atoms with Crippen molar-refractivity contribution in [3.8, 4) is 0 Å². The summed E-state index contributed by atoms with van der Waals surface area (Å²) in [6.07, 6.45) is 2.52. The van der Waals surface area contributed by atoms with Gasteiger partial charge in [-0.25, -0.2) is 13.1 Å². The average Bonchev–Trinajstić information content (AvgIpc) is 2.37. The average molecular weight is 353 g/mol. The molecule has 0 radical (unpaired) electrons. The van der Waals surface area contributed by atoms with Crippen LogP contribution < -0.4 is 4.72 Å². The van der Waals surface area contributed by atoms with Crippen molar-refractivity contribution in [3.05, 3.63) is 32.8 Å². The maximum Gasteiger partial charge on any atom is 0.289 e.